The summed E-state index contributed by atoms with van der Waals surface area (Å²) >= 11 is 4.88. The standard InChI is InChI=1S/C21H18F3N7S/c1-13-3-2-4-14(7-13)10-31-11-15(8-27-31)17-9-25-16-5-6-18(29-19(16)28-17)30-20(32)26-12-21(22,23)24/h2-9,11H,10,12H2,1H3,(H2,26,28,29,30,32). The van der Waals surface area contributed by atoms with Gasteiger partial charge in [-0.25, -0.2) is 9.97 Å². The van der Waals surface area contributed by atoms with Crippen molar-refractivity contribution in [3.05, 3.63) is 66.1 Å². The van der Waals surface area contributed by atoms with Crippen LogP contribution >= 0.6 is 12.2 Å². The first-order valence-corrected chi connectivity index (χ1v) is 10.00. The lowest BCUT2D eigenvalue weighted by molar-refractivity contribution is -0.121. The van der Waals surface area contributed by atoms with Gasteiger partial charge in [0.15, 0.2) is 10.8 Å². The topological polar surface area (TPSA) is 80.5 Å². The summed E-state index contributed by atoms with van der Waals surface area (Å²) in [6, 6.07) is 11.4. The van der Waals surface area contributed by atoms with Crippen LogP contribution in [-0.4, -0.2) is 42.6 Å². The number of nitrogens with zero attached hydrogens (tertiary/aromatic N) is 5. The maximum absolute atomic E-state index is 12.3. The molecule has 0 atom stereocenters. The lowest BCUT2D eigenvalue weighted by atomic mass is 10.1. The molecule has 7 nitrogen and oxygen atoms in total. The molecule has 4 rings (SSSR count). The highest BCUT2D eigenvalue weighted by Gasteiger charge is 2.27. The molecule has 0 saturated carbocycles. The highest BCUT2D eigenvalue weighted by atomic mass is 32.1. The number of nitrogens with one attached hydrogen (secondary N) is 2. The summed E-state index contributed by atoms with van der Waals surface area (Å²) in [5.41, 5.74) is 4.54. The van der Waals surface area contributed by atoms with Gasteiger partial charge >= 0.3 is 6.18 Å². The predicted octanol–water partition coefficient (Wildman–Crippen LogP) is 4.09. The molecule has 3 heterocycles. The van der Waals surface area contributed by atoms with E-state index >= 15 is 0 Å². The van der Waals surface area contributed by atoms with Crippen LogP contribution in [-0.2, 0) is 6.54 Å². The van der Waals surface area contributed by atoms with E-state index in [4.69, 9.17) is 12.2 Å². The van der Waals surface area contributed by atoms with Crippen LogP contribution in [0.15, 0.2) is 55.0 Å². The summed E-state index contributed by atoms with van der Waals surface area (Å²) < 4.78 is 38.8. The van der Waals surface area contributed by atoms with Gasteiger partial charge in [-0.05, 0) is 36.8 Å². The Morgan fingerprint density at radius 2 is 1.97 bits per heavy atom. The maximum Gasteiger partial charge on any atom is 0.405 e. The minimum atomic E-state index is -4.37. The smallest absolute Gasteiger partial charge is 0.353 e. The summed E-state index contributed by atoms with van der Waals surface area (Å²) in [5.74, 6) is 0.263. The Balaban J connectivity index is 1.50. The van der Waals surface area contributed by atoms with Gasteiger partial charge < -0.3 is 10.6 Å². The zero-order valence-corrected chi connectivity index (χ0v) is 17.7. The number of aryl methyl sites for hydroxylation is 1. The summed E-state index contributed by atoms with van der Waals surface area (Å²) in [6.45, 7) is 1.43. The fourth-order valence-corrected chi connectivity index (χ4v) is 3.20. The first kappa shape index (κ1) is 21.6. The lowest BCUT2D eigenvalue weighted by Gasteiger charge is -2.12. The average Bonchev–Trinajstić information content (AvgIpc) is 3.20. The number of anilines is 1. The average molecular weight is 457 g/mol. The number of benzene rings is 1. The van der Waals surface area contributed by atoms with Gasteiger partial charge in [0.2, 0.25) is 0 Å². The first-order chi connectivity index (χ1) is 15.2. The molecule has 0 saturated heterocycles. The summed E-state index contributed by atoms with van der Waals surface area (Å²) in [5, 5.41) is 8.93. The number of hydrogen-bond acceptors (Lipinski definition) is 5. The van der Waals surface area contributed by atoms with E-state index in [0.29, 0.717) is 23.4 Å². The van der Waals surface area contributed by atoms with Crippen LogP contribution in [0, 0.1) is 6.92 Å². The molecule has 0 aliphatic rings. The van der Waals surface area contributed by atoms with Crippen LogP contribution in [0.1, 0.15) is 11.1 Å². The molecule has 0 aliphatic carbocycles. The lowest BCUT2D eigenvalue weighted by Crippen LogP contribution is -2.36. The van der Waals surface area contributed by atoms with Gasteiger partial charge in [-0.3, -0.25) is 9.67 Å². The highest BCUT2D eigenvalue weighted by Crippen LogP contribution is 2.20. The zero-order valence-electron chi connectivity index (χ0n) is 16.9. The van der Waals surface area contributed by atoms with Crippen molar-refractivity contribution in [2.75, 3.05) is 11.9 Å². The molecule has 0 aliphatic heterocycles. The van der Waals surface area contributed by atoms with Gasteiger partial charge in [0.05, 0.1) is 24.6 Å². The van der Waals surface area contributed by atoms with Crippen LogP contribution in [0.2, 0.25) is 0 Å². The second-order valence-electron chi connectivity index (χ2n) is 7.13. The highest BCUT2D eigenvalue weighted by molar-refractivity contribution is 7.80. The van der Waals surface area contributed by atoms with Crippen molar-refractivity contribution >= 4 is 34.3 Å². The number of rotatable bonds is 5. The maximum atomic E-state index is 12.3. The number of hydrogen-bond donors (Lipinski definition) is 2. The van der Waals surface area contributed by atoms with Crippen LogP contribution in [0.25, 0.3) is 22.4 Å². The third-order valence-corrected chi connectivity index (χ3v) is 4.70. The van der Waals surface area contributed by atoms with Crippen molar-refractivity contribution < 1.29 is 13.2 Å². The summed E-state index contributed by atoms with van der Waals surface area (Å²) in [6.07, 6.45) is 0.827. The predicted molar refractivity (Wildman–Crippen MR) is 119 cm³/mol. The number of aromatic nitrogens is 5. The quantitative estimate of drug-likeness (QED) is 0.437. The van der Waals surface area contributed by atoms with E-state index in [1.165, 1.54) is 5.56 Å². The van der Waals surface area contributed by atoms with Crippen molar-refractivity contribution in [2.45, 2.75) is 19.6 Å². The monoisotopic (exact) mass is 457 g/mol. The number of fused-ring (bicyclic) bond motifs is 1. The minimum absolute atomic E-state index is 0.185. The van der Waals surface area contributed by atoms with Crippen molar-refractivity contribution in [1.82, 2.24) is 30.0 Å². The van der Waals surface area contributed by atoms with Gasteiger partial charge in [0.25, 0.3) is 0 Å². The molecule has 32 heavy (non-hydrogen) atoms. The van der Waals surface area contributed by atoms with Crippen molar-refractivity contribution in [1.29, 1.82) is 0 Å². The second-order valence-corrected chi connectivity index (χ2v) is 7.54. The Kier molecular flexibility index (Phi) is 5.99. The molecule has 2 N–H and O–H groups in total. The number of pyridine rings is 1. The molecule has 164 valence electrons. The van der Waals surface area contributed by atoms with Crippen LogP contribution in [0.3, 0.4) is 0 Å². The van der Waals surface area contributed by atoms with Crippen molar-refractivity contribution in [2.24, 2.45) is 0 Å². The Morgan fingerprint density at radius 1 is 1.12 bits per heavy atom. The third kappa shape index (κ3) is 5.55. The van der Waals surface area contributed by atoms with Crippen LogP contribution in [0.5, 0.6) is 0 Å². The SMILES string of the molecule is Cc1cccc(Cn2cc(-c3cnc4ccc(NC(=S)NCC(F)(F)F)nc4n3)cn2)c1. The molecule has 0 radical (unpaired) electrons. The van der Waals surface area contributed by atoms with E-state index in [-0.39, 0.29) is 10.9 Å². The molecule has 0 spiro atoms. The largest absolute Gasteiger partial charge is 0.405 e. The van der Waals surface area contributed by atoms with Crippen molar-refractivity contribution in [3.8, 4) is 11.3 Å². The van der Waals surface area contributed by atoms with Gasteiger partial charge in [0.1, 0.15) is 17.9 Å². The third-order valence-electron chi connectivity index (χ3n) is 4.45. The molecule has 0 amide bonds. The Hall–Kier alpha value is -3.60. The molecule has 0 unspecified atom stereocenters. The van der Waals surface area contributed by atoms with E-state index in [1.807, 2.05) is 36.0 Å². The number of thiocarbonyl (C=S) groups is 1. The molecule has 11 heteroatoms. The van der Waals surface area contributed by atoms with E-state index in [9.17, 15) is 13.2 Å². The molecule has 1 aromatic carbocycles. The van der Waals surface area contributed by atoms with Gasteiger partial charge in [-0.2, -0.15) is 18.3 Å². The van der Waals surface area contributed by atoms with E-state index in [0.717, 1.165) is 11.1 Å². The molecular weight excluding hydrogens is 439 g/mol. The minimum Gasteiger partial charge on any atom is -0.353 e. The zero-order chi connectivity index (χ0) is 22.7. The van der Waals surface area contributed by atoms with Gasteiger partial charge in [0, 0.05) is 11.8 Å². The Bertz CT molecular complexity index is 1270. The molecular formula is C21H18F3N7S. The number of alkyl halides is 3. The van der Waals surface area contributed by atoms with E-state index in [1.54, 1.807) is 24.5 Å². The van der Waals surface area contributed by atoms with Crippen LogP contribution < -0.4 is 10.6 Å². The summed E-state index contributed by atoms with van der Waals surface area (Å²) in [7, 11) is 0. The molecule has 0 bridgehead atoms. The summed E-state index contributed by atoms with van der Waals surface area (Å²) in [4.78, 5) is 13.2. The van der Waals surface area contributed by atoms with E-state index in [2.05, 4.69) is 36.8 Å². The molecule has 3 aromatic heterocycles. The Labute approximate surface area is 186 Å². The normalized spacial score (nSPS) is 11.5. The van der Waals surface area contributed by atoms with E-state index < -0.39 is 12.7 Å². The number of halogens is 3. The van der Waals surface area contributed by atoms with Crippen LogP contribution in [0.4, 0.5) is 19.0 Å². The fourth-order valence-electron chi connectivity index (χ4n) is 3.03. The Morgan fingerprint density at radius 3 is 2.75 bits per heavy atom. The first-order valence-electron chi connectivity index (χ1n) is 9.59. The molecule has 4 aromatic rings. The second kappa shape index (κ2) is 8.87. The van der Waals surface area contributed by atoms with Gasteiger partial charge in [-0.15, -0.1) is 0 Å². The fraction of sp³-hybridized carbons (Fsp3) is 0.190. The molecule has 0 fully saturated rings. The van der Waals surface area contributed by atoms with Gasteiger partial charge in [-0.1, -0.05) is 29.8 Å². The van der Waals surface area contributed by atoms with Crippen molar-refractivity contribution in [3.63, 3.8) is 0 Å².